The number of Topliss-reactive ketones (excluding diaryl/α,β-unsaturated/α-hetero) is 1. The van der Waals surface area contributed by atoms with Crippen LogP contribution in [0.2, 0.25) is 0 Å². The maximum Gasteiger partial charge on any atom is 0.164 e. The number of carbonyl (C=O) groups excluding carboxylic acids is 1. The molecule has 0 aliphatic carbocycles. The lowest BCUT2D eigenvalue weighted by Crippen LogP contribution is -2.44. The Hall–Kier alpha value is -1.07. The Bertz CT molecular complexity index is 512. The Balaban J connectivity index is 1.92. The normalized spacial score (nSPS) is 20.5. The van der Waals surface area contributed by atoms with Crippen LogP contribution in [0, 0.1) is 5.82 Å². The number of ketones is 1. The highest BCUT2D eigenvalue weighted by molar-refractivity contribution is 7.99. The molecule has 1 aromatic rings. The van der Waals surface area contributed by atoms with Crippen molar-refractivity contribution in [2.24, 2.45) is 0 Å². The van der Waals surface area contributed by atoms with Gasteiger partial charge in [-0.3, -0.25) is 4.79 Å². The number of halogens is 1. The van der Waals surface area contributed by atoms with Crippen molar-refractivity contribution in [1.82, 2.24) is 4.90 Å². The lowest BCUT2D eigenvalue weighted by molar-refractivity contribution is 0.0984. The van der Waals surface area contributed by atoms with E-state index >= 15 is 0 Å². The molecule has 102 valence electrons. The SMILES string of the molecule is CN1CCN(c2cc3c(cc2F)C(=O)CCS3)CC1. The third-order valence-corrected chi connectivity index (χ3v) is 4.84. The van der Waals surface area contributed by atoms with Gasteiger partial charge < -0.3 is 9.80 Å². The highest BCUT2D eigenvalue weighted by atomic mass is 32.2. The maximum absolute atomic E-state index is 14.2. The topological polar surface area (TPSA) is 23.6 Å². The Morgan fingerprint density at radius 3 is 2.68 bits per heavy atom. The molecule has 0 radical (unpaired) electrons. The molecule has 1 aromatic carbocycles. The number of anilines is 1. The molecular weight excluding hydrogens is 263 g/mol. The van der Waals surface area contributed by atoms with Crippen LogP contribution in [0.3, 0.4) is 0 Å². The quantitative estimate of drug-likeness (QED) is 0.787. The van der Waals surface area contributed by atoms with E-state index in [0.717, 1.165) is 36.8 Å². The molecule has 0 unspecified atom stereocenters. The van der Waals surface area contributed by atoms with Crippen LogP contribution in [0.25, 0.3) is 0 Å². The van der Waals surface area contributed by atoms with Gasteiger partial charge in [-0.25, -0.2) is 4.39 Å². The van der Waals surface area contributed by atoms with Gasteiger partial charge in [0.05, 0.1) is 5.69 Å². The van der Waals surface area contributed by atoms with Crippen LogP contribution >= 0.6 is 11.8 Å². The molecule has 19 heavy (non-hydrogen) atoms. The summed E-state index contributed by atoms with van der Waals surface area (Å²) in [7, 11) is 2.08. The third-order valence-electron chi connectivity index (χ3n) is 3.78. The molecule has 0 bridgehead atoms. The van der Waals surface area contributed by atoms with Crippen LogP contribution in [0.1, 0.15) is 16.8 Å². The molecule has 0 amide bonds. The van der Waals surface area contributed by atoms with Gasteiger partial charge in [-0.1, -0.05) is 0 Å². The minimum atomic E-state index is -0.265. The Labute approximate surface area is 116 Å². The number of fused-ring (bicyclic) bond motifs is 1. The molecule has 0 N–H and O–H groups in total. The summed E-state index contributed by atoms with van der Waals surface area (Å²) in [6.45, 7) is 3.57. The Morgan fingerprint density at radius 1 is 1.21 bits per heavy atom. The summed E-state index contributed by atoms with van der Waals surface area (Å²) in [5.74, 6) is 0.608. The average molecular weight is 280 g/mol. The third kappa shape index (κ3) is 2.49. The predicted molar refractivity (Wildman–Crippen MR) is 75.8 cm³/mol. The summed E-state index contributed by atoms with van der Waals surface area (Å²) in [6.07, 6.45) is 0.519. The molecule has 0 saturated carbocycles. The van der Waals surface area contributed by atoms with E-state index in [9.17, 15) is 9.18 Å². The lowest BCUT2D eigenvalue weighted by atomic mass is 10.1. The van der Waals surface area contributed by atoms with Crippen LogP contribution in [-0.4, -0.2) is 49.7 Å². The van der Waals surface area contributed by atoms with E-state index < -0.39 is 0 Å². The summed E-state index contributed by atoms with van der Waals surface area (Å²) < 4.78 is 14.2. The van der Waals surface area contributed by atoms with Gasteiger partial charge in [0.25, 0.3) is 0 Å². The van der Waals surface area contributed by atoms with Gasteiger partial charge in [-0.05, 0) is 19.2 Å². The van der Waals surface area contributed by atoms with Gasteiger partial charge >= 0.3 is 0 Å². The summed E-state index contributed by atoms with van der Waals surface area (Å²) in [6, 6.07) is 3.29. The molecular formula is C14H17FN2OS. The Kier molecular flexibility index (Phi) is 3.50. The average Bonchev–Trinajstić information content (AvgIpc) is 2.40. The van der Waals surface area contributed by atoms with E-state index in [-0.39, 0.29) is 11.6 Å². The fourth-order valence-corrected chi connectivity index (χ4v) is 3.59. The number of hydrogen-bond donors (Lipinski definition) is 0. The Morgan fingerprint density at radius 2 is 1.95 bits per heavy atom. The van der Waals surface area contributed by atoms with Crippen molar-refractivity contribution >= 4 is 23.2 Å². The van der Waals surface area contributed by atoms with Crippen LogP contribution < -0.4 is 4.90 Å². The first-order valence-corrected chi connectivity index (χ1v) is 7.57. The largest absolute Gasteiger partial charge is 0.367 e. The second kappa shape index (κ2) is 5.13. The molecule has 2 aliphatic rings. The van der Waals surface area contributed by atoms with Gasteiger partial charge in [0, 0.05) is 48.8 Å². The van der Waals surface area contributed by atoms with E-state index in [1.165, 1.54) is 6.07 Å². The van der Waals surface area contributed by atoms with Gasteiger partial charge in [0.1, 0.15) is 5.82 Å². The first-order chi connectivity index (χ1) is 9.15. The monoisotopic (exact) mass is 280 g/mol. The molecule has 0 atom stereocenters. The molecule has 1 fully saturated rings. The van der Waals surface area contributed by atoms with Crippen molar-refractivity contribution in [2.45, 2.75) is 11.3 Å². The lowest BCUT2D eigenvalue weighted by Gasteiger charge is -2.34. The summed E-state index contributed by atoms with van der Waals surface area (Å²) >= 11 is 1.66. The fourth-order valence-electron chi connectivity index (χ4n) is 2.56. The van der Waals surface area contributed by atoms with Crippen LogP contribution in [-0.2, 0) is 0 Å². The molecule has 0 spiro atoms. The standard InChI is InChI=1S/C14H17FN2OS/c1-16-3-5-17(6-4-16)12-9-14-10(8-11(12)15)13(18)2-7-19-14/h8-9H,2-7H2,1H3. The number of nitrogens with zero attached hydrogens (tertiary/aromatic N) is 2. The number of likely N-dealkylation sites (N-methyl/N-ethyl adjacent to an activating group) is 1. The zero-order valence-electron chi connectivity index (χ0n) is 11.0. The second-order valence-electron chi connectivity index (χ2n) is 5.11. The van der Waals surface area contributed by atoms with Crippen molar-refractivity contribution < 1.29 is 9.18 Å². The van der Waals surface area contributed by atoms with Crippen molar-refractivity contribution in [3.8, 4) is 0 Å². The first kappa shape index (κ1) is 12.9. The van der Waals surface area contributed by atoms with Crippen molar-refractivity contribution in [3.63, 3.8) is 0 Å². The van der Waals surface area contributed by atoms with Crippen LogP contribution in [0.4, 0.5) is 10.1 Å². The number of rotatable bonds is 1. The van der Waals surface area contributed by atoms with Gasteiger partial charge in [0.15, 0.2) is 5.78 Å². The minimum Gasteiger partial charge on any atom is -0.367 e. The van der Waals surface area contributed by atoms with Gasteiger partial charge in [-0.2, -0.15) is 0 Å². The number of carbonyl (C=O) groups is 1. The summed E-state index contributed by atoms with van der Waals surface area (Å²) in [5.41, 5.74) is 1.21. The summed E-state index contributed by atoms with van der Waals surface area (Å²) in [5, 5.41) is 0. The fraction of sp³-hybridized carbons (Fsp3) is 0.500. The van der Waals surface area contributed by atoms with E-state index in [1.54, 1.807) is 11.8 Å². The first-order valence-electron chi connectivity index (χ1n) is 6.58. The molecule has 5 heteroatoms. The number of thioether (sulfide) groups is 1. The molecule has 1 saturated heterocycles. The smallest absolute Gasteiger partial charge is 0.164 e. The van der Waals surface area contributed by atoms with Crippen LogP contribution in [0.5, 0.6) is 0 Å². The van der Waals surface area contributed by atoms with E-state index in [1.807, 2.05) is 6.07 Å². The molecule has 3 rings (SSSR count). The zero-order valence-corrected chi connectivity index (χ0v) is 11.8. The van der Waals surface area contributed by atoms with Crippen molar-refractivity contribution in [1.29, 1.82) is 0 Å². The van der Waals surface area contributed by atoms with Gasteiger partial charge in [0.2, 0.25) is 0 Å². The van der Waals surface area contributed by atoms with E-state index in [4.69, 9.17) is 0 Å². The zero-order chi connectivity index (χ0) is 13.4. The van der Waals surface area contributed by atoms with Crippen molar-refractivity contribution in [2.75, 3.05) is 43.9 Å². The molecule has 2 heterocycles. The highest BCUT2D eigenvalue weighted by Crippen LogP contribution is 2.35. The molecule has 2 aliphatic heterocycles. The summed E-state index contributed by atoms with van der Waals surface area (Å²) in [4.78, 5) is 17.0. The van der Waals surface area contributed by atoms with E-state index in [2.05, 4.69) is 16.8 Å². The number of benzene rings is 1. The molecule has 3 nitrogen and oxygen atoms in total. The molecule has 0 aromatic heterocycles. The van der Waals surface area contributed by atoms with Crippen molar-refractivity contribution in [3.05, 3.63) is 23.5 Å². The minimum absolute atomic E-state index is 0.0672. The van der Waals surface area contributed by atoms with E-state index in [0.29, 0.717) is 17.7 Å². The maximum atomic E-state index is 14.2. The number of piperazine rings is 1. The predicted octanol–water partition coefficient (Wildman–Crippen LogP) is 2.26. The second-order valence-corrected chi connectivity index (χ2v) is 6.25. The number of hydrogen-bond acceptors (Lipinski definition) is 4. The van der Waals surface area contributed by atoms with Crippen LogP contribution in [0.15, 0.2) is 17.0 Å². The van der Waals surface area contributed by atoms with Gasteiger partial charge in [-0.15, -0.1) is 11.8 Å². The highest BCUT2D eigenvalue weighted by Gasteiger charge is 2.23.